The van der Waals surface area contributed by atoms with E-state index in [4.69, 9.17) is 9.47 Å². The highest BCUT2D eigenvalue weighted by Gasteiger charge is 2.14. The summed E-state index contributed by atoms with van der Waals surface area (Å²) >= 11 is 1.55. The number of fused-ring (bicyclic) bond motifs is 1. The van der Waals surface area contributed by atoms with Gasteiger partial charge in [-0.2, -0.15) is 0 Å². The van der Waals surface area contributed by atoms with Crippen molar-refractivity contribution in [2.75, 3.05) is 20.3 Å². The first-order valence-corrected chi connectivity index (χ1v) is 9.35. The number of hydrogen-bond donors (Lipinski definition) is 0. The molecular weight excluding hydrogens is 364 g/mol. The van der Waals surface area contributed by atoms with Crippen molar-refractivity contribution in [3.63, 3.8) is 0 Å². The monoisotopic (exact) mass is 384 g/mol. The van der Waals surface area contributed by atoms with Crippen molar-refractivity contribution in [2.45, 2.75) is 13.0 Å². The van der Waals surface area contributed by atoms with Crippen LogP contribution in [0.3, 0.4) is 0 Å². The third-order valence-corrected chi connectivity index (χ3v) is 4.83. The van der Waals surface area contributed by atoms with E-state index in [1.165, 1.54) is 4.90 Å². The maximum Gasteiger partial charge on any atom is 0.309 e. The second kappa shape index (κ2) is 9.14. The molecule has 0 N–H and O–H groups in total. The summed E-state index contributed by atoms with van der Waals surface area (Å²) in [5.41, 5.74) is 0.920. The second-order valence-electron chi connectivity index (χ2n) is 5.90. The number of nitrogens with zero attached hydrogens (tertiary/aromatic N) is 2. The van der Waals surface area contributed by atoms with Crippen molar-refractivity contribution in [3.8, 4) is 5.75 Å². The standard InChI is InChI=1S/C20H20N2O4S/c1-22(13-18-21-16-9-5-6-10-17(16)27-18)19(23)14-26-20(24)11-12-25-15-7-3-2-4-8-15/h2-10H,11-14H2,1H3. The number of likely N-dealkylation sites (N-methyl/N-ethyl adjacent to an activating group) is 1. The van der Waals surface area contributed by atoms with Crippen molar-refractivity contribution in [2.24, 2.45) is 0 Å². The molecular formula is C20H20N2O4S. The lowest BCUT2D eigenvalue weighted by atomic mass is 10.3. The minimum atomic E-state index is -0.465. The fraction of sp³-hybridized carbons (Fsp3) is 0.250. The summed E-state index contributed by atoms with van der Waals surface area (Å²) in [6.07, 6.45) is 0.0871. The normalized spacial score (nSPS) is 10.6. The number of para-hydroxylation sites is 2. The maximum absolute atomic E-state index is 12.2. The minimum absolute atomic E-state index is 0.0871. The van der Waals surface area contributed by atoms with Gasteiger partial charge in [0, 0.05) is 7.05 Å². The van der Waals surface area contributed by atoms with Crippen LogP contribution in [-0.4, -0.2) is 42.0 Å². The molecule has 0 atom stereocenters. The molecule has 0 radical (unpaired) electrons. The molecule has 0 spiro atoms. The average Bonchev–Trinajstić information content (AvgIpc) is 3.09. The molecule has 6 nitrogen and oxygen atoms in total. The largest absolute Gasteiger partial charge is 0.493 e. The molecule has 27 heavy (non-hydrogen) atoms. The van der Waals surface area contributed by atoms with Crippen LogP contribution in [0, 0.1) is 0 Å². The molecule has 3 aromatic rings. The zero-order valence-corrected chi connectivity index (χ0v) is 15.8. The first-order chi connectivity index (χ1) is 13.1. The van der Waals surface area contributed by atoms with Gasteiger partial charge in [0.25, 0.3) is 5.91 Å². The lowest BCUT2D eigenvalue weighted by Gasteiger charge is -2.15. The fourth-order valence-electron chi connectivity index (χ4n) is 2.37. The zero-order valence-electron chi connectivity index (χ0n) is 15.0. The summed E-state index contributed by atoms with van der Waals surface area (Å²) in [6, 6.07) is 17.0. The predicted molar refractivity (Wildman–Crippen MR) is 104 cm³/mol. The van der Waals surface area contributed by atoms with Crippen LogP contribution >= 0.6 is 11.3 Å². The topological polar surface area (TPSA) is 68.7 Å². The molecule has 0 bridgehead atoms. The summed E-state index contributed by atoms with van der Waals surface area (Å²) in [6.45, 7) is 0.303. The smallest absolute Gasteiger partial charge is 0.309 e. The van der Waals surface area contributed by atoms with Gasteiger partial charge in [-0.3, -0.25) is 9.59 Å². The molecule has 0 aliphatic rings. The Morgan fingerprint density at radius 2 is 1.81 bits per heavy atom. The molecule has 2 aromatic carbocycles. The molecule has 7 heteroatoms. The van der Waals surface area contributed by atoms with Gasteiger partial charge in [0.05, 0.1) is 29.8 Å². The van der Waals surface area contributed by atoms with Crippen LogP contribution in [0.15, 0.2) is 54.6 Å². The van der Waals surface area contributed by atoms with Gasteiger partial charge in [0.1, 0.15) is 10.8 Å². The minimum Gasteiger partial charge on any atom is -0.493 e. The van der Waals surface area contributed by atoms with Crippen LogP contribution in [0.25, 0.3) is 10.2 Å². The van der Waals surface area contributed by atoms with Crippen molar-refractivity contribution in [1.82, 2.24) is 9.88 Å². The Morgan fingerprint density at radius 3 is 2.59 bits per heavy atom. The highest BCUT2D eigenvalue weighted by atomic mass is 32.1. The first-order valence-electron chi connectivity index (χ1n) is 8.54. The van der Waals surface area contributed by atoms with E-state index in [1.54, 1.807) is 18.4 Å². The molecule has 1 heterocycles. The summed E-state index contributed by atoms with van der Waals surface area (Å²) < 4.78 is 11.5. The molecule has 1 amide bonds. The summed E-state index contributed by atoms with van der Waals surface area (Å²) in [5, 5.41) is 0.842. The molecule has 0 unspecified atom stereocenters. The van der Waals surface area contributed by atoms with Gasteiger partial charge >= 0.3 is 5.97 Å². The van der Waals surface area contributed by atoms with Crippen LogP contribution in [0.2, 0.25) is 0 Å². The van der Waals surface area contributed by atoms with E-state index < -0.39 is 5.97 Å². The SMILES string of the molecule is CN(Cc1nc2ccccc2s1)C(=O)COC(=O)CCOc1ccccc1. The van der Waals surface area contributed by atoms with Crippen LogP contribution in [0.1, 0.15) is 11.4 Å². The third kappa shape index (κ3) is 5.52. The summed E-state index contributed by atoms with van der Waals surface area (Å²) in [4.78, 5) is 29.9. The van der Waals surface area contributed by atoms with E-state index in [-0.39, 0.29) is 25.5 Å². The van der Waals surface area contributed by atoms with E-state index in [9.17, 15) is 9.59 Å². The van der Waals surface area contributed by atoms with Crippen LogP contribution in [0.4, 0.5) is 0 Å². The number of carbonyl (C=O) groups is 2. The Bertz CT molecular complexity index is 878. The van der Waals surface area contributed by atoms with Gasteiger partial charge in [0.15, 0.2) is 6.61 Å². The molecule has 0 aliphatic heterocycles. The number of ether oxygens (including phenoxy) is 2. The molecule has 140 valence electrons. The van der Waals surface area contributed by atoms with Crippen molar-refractivity contribution in [3.05, 3.63) is 59.6 Å². The summed E-state index contributed by atoms with van der Waals surface area (Å²) in [7, 11) is 1.67. The number of rotatable bonds is 8. The molecule has 0 saturated heterocycles. The van der Waals surface area contributed by atoms with Crippen LogP contribution in [-0.2, 0) is 20.9 Å². The van der Waals surface area contributed by atoms with E-state index >= 15 is 0 Å². The van der Waals surface area contributed by atoms with Crippen LogP contribution < -0.4 is 4.74 Å². The van der Waals surface area contributed by atoms with Gasteiger partial charge in [-0.1, -0.05) is 30.3 Å². The number of amides is 1. The number of hydrogen-bond acceptors (Lipinski definition) is 6. The van der Waals surface area contributed by atoms with E-state index in [2.05, 4.69) is 4.98 Å². The Hall–Kier alpha value is -2.93. The predicted octanol–water partition coefficient (Wildman–Crippen LogP) is 3.27. The van der Waals surface area contributed by atoms with E-state index in [0.29, 0.717) is 12.3 Å². The lowest BCUT2D eigenvalue weighted by molar-refractivity contribution is -0.152. The molecule has 0 aliphatic carbocycles. The number of esters is 1. The number of aromatic nitrogens is 1. The van der Waals surface area contributed by atoms with E-state index in [1.807, 2.05) is 54.6 Å². The fourth-order valence-corrected chi connectivity index (χ4v) is 3.39. The first kappa shape index (κ1) is 18.8. The summed E-state index contributed by atoms with van der Waals surface area (Å²) in [5.74, 6) is -0.0452. The van der Waals surface area contributed by atoms with Crippen molar-refractivity contribution in [1.29, 1.82) is 0 Å². The Balaban J connectivity index is 1.39. The molecule has 0 saturated carbocycles. The molecule has 1 aromatic heterocycles. The zero-order chi connectivity index (χ0) is 19.1. The lowest BCUT2D eigenvalue weighted by Crippen LogP contribution is -2.31. The molecule has 3 rings (SSSR count). The highest BCUT2D eigenvalue weighted by Crippen LogP contribution is 2.22. The van der Waals surface area contributed by atoms with Gasteiger partial charge in [-0.05, 0) is 24.3 Å². The maximum atomic E-state index is 12.2. The van der Waals surface area contributed by atoms with Gasteiger partial charge in [-0.15, -0.1) is 11.3 Å². The van der Waals surface area contributed by atoms with Gasteiger partial charge in [0.2, 0.25) is 0 Å². The van der Waals surface area contributed by atoms with E-state index in [0.717, 1.165) is 15.2 Å². The quantitative estimate of drug-likeness (QED) is 0.558. The second-order valence-corrected chi connectivity index (χ2v) is 7.01. The van der Waals surface area contributed by atoms with Gasteiger partial charge < -0.3 is 14.4 Å². The third-order valence-electron chi connectivity index (χ3n) is 3.81. The van der Waals surface area contributed by atoms with Crippen LogP contribution in [0.5, 0.6) is 5.75 Å². The van der Waals surface area contributed by atoms with Crippen molar-refractivity contribution >= 4 is 33.4 Å². The Morgan fingerprint density at radius 1 is 1.07 bits per heavy atom. The Labute approximate surface area is 161 Å². The molecule has 0 fully saturated rings. The van der Waals surface area contributed by atoms with Crippen molar-refractivity contribution < 1.29 is 19.1 Å². The highest BCUT2D eigenvalue weighted by molar-refractivity contribution is 7.18. The Kier molecular flexibility index (Phi) is 6.38. The number of thiazole rings is 1. The van der Waals surface area contributed by atoms with Gasteiger partial charge in [-0.25, -0.2) is 4.98 Å². The number of benzene rings is 2. The number of carbonyl (C=O) groups excluding carboxylic acids is 2. The average molecular weight is 384 g/mol.